The molecule has 0 saturated heterocycles. The van der Waals surface area contributed by atoms with E-state index >= 15 is 0 Å². The Balaban J connectivity index is 1.51. The molecule has 1 unspecified atom stereocenters. The molecule has 0 saturated carbocycles. The van der Waals surface area contributed by atoms with Gasteiger partial charge in [-0.05, 0) is 36.8 Å². The number of hydrazine groups is 1. The van der Waals surface area contributed by atoms with Crippen molar-refractivity contribution in [3.63, 3.8) is 0 Å². The number of anilines is 1. The van der Waals surface area contributed by atoms with Gasteiger partial charge in [0, 0.05) is 20.1 Å². The fourth-order valence-corrected chi connectivity index (χ4v) is 3.00. The molecule has 1 atom stereocenters. The number of fused-ring (bicyclic) bond motifs is 1. The summed E-state index contributed by atoms with van der Waals surface area (Å²) in [5, 5.41) is 3.65. The molecule has 3 rings (SSSR count). The standard InChI is InChI=1S/C21H28N6O3/c1-3-28-19(20(25-22)26-23)14-15-8-10-16(11-9-15)29-13-12-27(2)21-24-17-6-4-5-7-18(17)30-21/h4-11,19H,3,12-14,22-23H2,1-2H3,(H,25,26). The van der Waals surface area contributed by atoms with Gasteiger partial charge in [-0.15, -0.1) is 0 Å². The van der Waals surface area contributed by atoms with Gasteiger partial charge in [-0.25, -0.2) is 5.84 Å². The minimum atomic E-state index is -0.332. The first-order chi connectivity index (χ1) is 14.6. The summed E-state index contributed by atoms with van der Waals surface area (Å²) in [7, 11) is 1.92. The number of hydrogen-bond acceptors (Lipinski definition) is 8. The van der Waals surface area contributed by atoms with Gasteiger partial charge < -0.3 is 30.1 Å². The number of oxazole rings is 1. The lowest BCUT2D eigenvalue weighted by Gasteiger charge is -2.18. The van der Waals surface area contributed by atoms with Crippen LogP contribution in [0.25, 0.3) is 11.1 Å². The van der Waals surface area contributed by atoms with Gasteiger partial charge in [0.25, 0.3) is 6.01 Å². The molecule has 2 aromatic carbocycles. The number of hydrazone groups is 1. The average molecular weight is 412 g/mol. The van der Waals surface area contributed by atoms with E-state index < -0.39 is 0 Å². The van der Waals surface area contributed by atoms with Gasteiger partial charge in [0.05, 0.1) is 6.54 Å². The molecule has 3 aromatic rings. The fourth-order valence-electron chi connectivity index (χ4n) is 3.00. The number of para-hydroxylation sites is 2. The molecule has 1 heterocycles. The second-order valence-corrected chi connectivity index (χ2v) is 6.68. The SMILES string of the molecule is CCOC(Cc1ccc(OCCN(C)c2nc3ccccc3o2)cc1)/C(=N/N)NN. The molecule has 0 amide bonds. The number of nitrogens with zero attached hydrogens (tertiary/aromatic N) is 3. The molecule has 1 aromatic heterocycles. The highest BCUT2D eigenvalue weighted by molar-refractivity contribution is 5.86. The number of ether oxygens (including phenoxy) is 2. The van der Waals surface area contributed by atoms with Crippen molar-refractivity contribution in [1.82, 2.24) is 10.4 Å². The minimum absolute atomic E-state index is 0.332. The number of amidine groups is 1. The van der Waals surface area contributed by atoms with Crippen LogP contribution < -0.4 is 26.7 Å². The van der Waals surface area contributed by atoms with E-state index in [9.17, 15) is 0 Å². The van der Waals surface area contributed by atoms with E-state index in [-0.39, 0.29) is 6.10 Å². The third-order valence-corrected chi connectivity index (χ3v) is 4.61. The van der Waals surface area contributed by atoms with Crippen LogP contribution in [0.1, 0.15) is 12.5 Å². The third kappa shape index (κ3) is 5.40. The molecule has 5 N–H and O–H groups in total. The lowest BCUT2D eigenvalue weighted by atomic mass is 10.1. The van der Waals surface area contributed by atoms with Crippen LogP contribution in [0.4, 0.5) is 6.01 Å². The number of likely N-dealkylation sites (N-methyl/N-ethyl adjacent to an activating group) is 1. The Morgan fingerprint density at radius 1 is 1.23 bits per heavy atom. The smallest absolute Gasteiger partial charge is 0.298 e. The van der Waals surface area contributed by atoms with Gasteiger partial charge in [0.15, 0.2) is 11.4 Å². The molecule has 160 valence electrons. The highest BCUT2D eigenvalue weighted by atomic mass is 16.5. The first-order valence-electron chi connectivity index (χ1n) is 9.79. The average Bonchev–Trinajstić information content (AvgIpc) is 3.20. The van der Waals surface area contributed by atoms with Gasteiger partial charge >= 0.3 is 0 Å². The van der Waals surface area contributed by atoms with Crippen molar-refractivity contribution in [2.24, 2.45) is 16.8 Å². The van der Waals surface area contributed by atoms with Gasteiger partial charge in [-0.1, -0.05) is 24.3 Å². The lowest BCUT2D eigenvalue weighted by Crippen LogP contribution is -2.42. The van der Waals surface area contributed by atoms with Gasteiger partial charge in [0.2, 0.25) is 0 Å². The number of nitrogens with two attached hydrogens (primary N) is 2. The zero-order chi connectivity index (χ0) is 21.3. The summed E-state index contributed by atoms with van der Waals surface area (Å²) in [5.74, 6) is 12.0. The number of hydrogen-bond donors (Lipinski definition) is 3. The number of nitrogens with one attached hydrogen (secondary N) is 1. The van der Waals surface area contributed by atoms with Crippen LogP contribution in [0.15, 0.2) is 58.0 Å². The number of aromatic nitrogens is 1. The van der Waals surface area contributed by atoms with E-state index in [0.717, 1.165) is 22.4 Å². The van der Waals surface area contributed by atoms with Crippen LogP contribution in [-0.2, 0) is 11.2 Å². The molecule has 9 heteroatoms. The highest BCUT2D eigenvalue weighted by Gasteiger charge is 2.16. The van der Waals surface area contributed by atoms with Crippen LogP contribution in [0.5, 0.6) is 5.75 Å². The van der Waals surface area contributed by atoms with E-state index in [1.165, 1.54) is 0 Å². The normalized spacial score (nSPS) is 12.7. The zero-order valence-electron chi connectivity index (χ0n) is 17.2. The lowest BCUT2D eigenvalue weighted by molar-refractivity contribution is 0.107. The third-order valence-electron chi connectivity index (χ3n) is 4.61. The molecule has 9 nitrogen and oxygen atoms in total. The number of rotatable bonds is 10. The van der Waals surface area contributed by atoms with Gasteiger partial charge in [0.1, 0.15) is 24.0 Å². The summed E-state index contributed by atoms with van der Waals surface area (Å²) in [6.07, 6.45) is 0.260. The first kappa shape index (κ1) is 21.4. The summed E-state index contributed by atoms with van der Waals surface area (Å²) in [6.45, 7) is 3.57. The molecule has 0 bridgehead atoms. The maximum Gasteiger partial charge on any atom is 0.298 e. The summed E-state index contributed by atoms with van der Waals surface area (Å²) in [6, 6.07) is 16.1. The molecule has 0 aliphatic heterocycles. The quantitative estimate of drug-likeness (QED) is 0.200. The number of benzene rings is 2. The Morgan fingerprint density at radius 3 is 2.67 bits per heavy atom. The van der Waals surface area contributed by atoms with Crippen LogP contribution in [0.2, 0.25) is 0 Å². The largest absolute Gasteiger partial charge is 0.492 e. The van der Waals surface area contributed by atoms with Crippen molar-refractivity contribution in [1.29, 1.82) is 0 Å². The maximum absolute atomic E-state index is 5.85. The van der Waals surface area contributed by atoms with Crippen molar-refractivity contribution >= 4 is 22.9 Å². The van der Waals surface area contributed by atoms with Crippen molar-refractivity contribution in [2.75, 3.05) is 31.7 Å². The molecule has 0 aliphatic carbocycles. The predicted molar refractivity (Wildman–Crippen MR) is 117 cm³/mol. The Labute approximate surface area is 175 Å². The Bertz CT molecular complexity index is 924. The Hall–Kier alpha value is -3.30. The topological polar surface area (TPSA) is 124 Å². The summed E-state index contributed by atoms with van der Waals surface area (Å²) in [4.78, 5) is 6.41. The predicted octanol–water partition coefficient (Wildman–Crippen LogP) is 2.03. The Kier molecular flexibility index (Phi) is 7.47. The molecular weight excluding hydrogens is 384 g/mol. The van der Waals surface area contributed by atoms with E-state index in [1.807, 2.05) is 67.4 Å². The second-order valence-electron chi connectivity index (χ2n) is 6.68. The van der Waals surface area contributed by atoms with Crippen molar-refractivity contribution < 1.29 is 13.9 Å². The van der Waals surface area contributed by atoms with Gasteiger partial charge in [-0.2, -0.15) is 10.1 Å². The van der Waals surface area contributed by atoms with Crippen LogP contribution in [0.3, 0.4) is 0 Å². The fraction of sp³-hybridized carbons (Fsp3) is 0.333. The highest BCUT2D eigenvalue weighted by Crippen LogP contribution is 2.20. The minimum Gasteiger partial charge on any atom is -0.492 e. The molecule has 0 radical (unpaired) electrons. The molecule has 0 spiro atoms. The summed E-state index contributed by atoms with van der Waals surface area (Å²) >= 11 is 0. The van der Waals surface area contributed by atoms with Crippen LogP contribution in [-0.4, -0.2) is 43.7 Å². The van der Waals surface area contributed by atoms with Gasteiger partial charge in [-0.3, -0.25) is 0 Å². The van der Waals surface area contributed by atoms with Crippen molar-refractivity contribution in [3.05, 3.63) is 54.1 Å². The molecule has 0 aliphatic rings. The summed E-state index contributed by atoms with van der Waals surface area (Å²) in [5.41, 5.74) is 5.16. The maximum atomic E-state index is 5.85. The van der Waals surface area contributed by atoms with Crippen LogP contribution >= 0.6 is 0 Å². The Morgan fingerprint density at radius 2 is 2.00 bits per heavy atom. The van der Waals surface area contributed by atoms with Crippen LogP contribution in [0, 0.1) is 0 Å². The molecular formula is C21H28N6O3. The monoisotopic (exact) mass is 412 g/mol. The van der Waals surface area contributed by atoms with E-state index in [4.69, 9.17) is 25.6 Å². The second kappa shape index (κ2) is 10.5. The van der Waals surface area contributed by atoms with E-state index in [1.54, 1.807) is 0 Å². The van der Waals surface area contributed by atoms with Crippen molar-refractivity contribution in [3.8, 4) is 5.75 Å². The zero-order valence-corrected chi connectivity index (χ0v) is 17.2. The summed E-state index contributed by atoms with van der Waals surface area (Å²) < 4.78 is 17.3. The first-order valence-corrected chi connectivity index (χ1v) is 9.79. The van der Waals surface area contributed by atoms with Crippen molar-refractivity contribution in [2.45, 2.75) is 19.4 Å². The van der Waals surface area contributed by atoms with E-state index in [2.05, 4.69) is 15.5 Å². The molecule has 30 heavy (non-hydrogen) atoms. The van der Waals surface area contributed by atoms with E-state index in [0.29, 0.717) is 38.0 Å². The molecule has 0 fully saturated rings.